The average Bonchev–Trinajstić information content (AvgIpc) is 2.70. The van der Waals surface area contributed by atoms with Crippen molar-refractivity contribution in [3.05, 3.63) is 29.3 Å². The molecule has 0 atom stereocenters. The van der Waals surface area contributed by atoms with Crippen molar-refractivity contribution in [3.63, 3.8) is 0 Å². The van der Waals surface area contributed by atoms with Gasteiger partial charge in [0.05, 0.1) is 5.56 Å². The van der Waals surface area contributed by atoms with E-state index in [1.807, 2.05) is 13.0 Å². The van der Waals surface area contributed by atoms with E-state index in [0.29, 0.717) is 16.4 Å². The lowest BCUT2D eigenvalue weighted by atomic mass is 10.1. The van der Waals surface area contributed by atoms with E-state index in [9.17, 15) is 4.79 Å². The molecule has 0 aliphatic heterocycles. The van der Waals surface area contributed by atoms with Gasteiger partial charge in [0.15, 0.2) is 0 Å². The predicted octanol–water partition coefficient (Wildman–Crippen LogP) is 1.08. The second kappa shape index (κ2) is 4.23. The molecule has 6 nitrogen and oxygen atoms in total. The summed E-state index contributed by atoms with van der Waals surface area (Å²) in [6.45, 7) is 1.82. The Bertz CT molecular complexity index is 490. The van der Waals surface area contributed by atoms with Crippen molar-refractivity contribution in [2.24, 2.45) is 0 Å². The number of amides is 1. The van der Waals surface area contributed by atoms with Crippen molar-refractivity contribution in [3.8, 4) is 0 Å². The fraction of sp³-hybridized carbons (Fsp3) is 0.111. The van der Waals surface area contributed by atoms with Crippen LogP contribution in [0.1, 0.15) is 15.9 Å². The first-order valence-corrected chi connectivity index (χ1v) is 5.27. The monoisotopic (exact) mass is 235 g/mol. The maximum absolute atomic E-state index is 11.9. The van der Waals surface area contributed by atoms with Crippen molar-refractivity contribution < 1.29 is 4.79 Å². The summed E-state index contributed by atoms with van der Waals surface area (Å²) in [6, 6.07) is 5.30. The van der Waals surface area contributed by atoms with Gasteiger partial charge in [-0.1, -0.05) is 21.7 Å². The van der Waals surface area contributed by atoms with Gasteiger partial charge in [-0.15, -0.1) is 0 Å². The maximum Gasteiger partial charge on any atom is 0.259 e. The predicted molar refractivity (Wildman–Crippen MR) is 61.2 cm³/mol. The molecule has 1 heterocycles. The van der Waals surface area contributed by atoms with Crippen molar-refractivity contribution in [1.82, 2.24) is 14.8 Å². The van der Waals surface area contributed by atoms with E-state index in [0.717, 1.165) is 17.1 Å². The number of nitrogens with two attached hydrogens (primary N) is 1. The molecule has 1 aromatic carbocycles. The number of anilines is 2. The molecule has 16 heavy (non-hydrogen) atoms. The molecule has 0 radical (unpaired) electrons. The number of carbonyl (C=O) groups is 1. The number of benzene rings is 1. The molecule has 0 unspecified atom stereocenters. The Labute approximate surface area is 95.6 Å². The third-order valence-corrected chi connectivity index (χ3v) is 2.56. The van der Waals surface area contributed by atoms with Crippen LogP contribution in [-0.4, -0.2) is 20.7 Å². The van der Waals surface area contributed by atoms with Gasteiger partial charge in [-0.25, -0.2) is 0 Å². The van der Waals surface area contributed by atoms with E-state index < -0.39 is 0 Å². The van der Waals surface area contributed by atoms with Crippen LogP contribution in [0, 0.1) is 6.92 Å². The van der Waals surface area contributed by atoms with E-state index >= 15 is 0 Å². The molecule has 0 spiro atoms. The first-order chi connectivity index (χ1) is 7.68. The quantitative estimate of drug-likeness (QED) is 0.759. The highest BCUT2D eigenvalue weighted by molar-refractivity contribution is 7.09. The molecule has 0 aliphatic rings. The topological polar surface area (TPSA) is 93.8 Å². The lowest BCUT2D eigenvalue weighted by Gasteiger charge is -2.07. The third kappa shape index (κ3) is 1.98. The summed E-state index contributed by atoms with van der Waals surface area (Å²) >= 11 is 1.01. The van der Waals surface area contributed by atoms with Crippen LogP contribution >= 0.6 is 11.5 Å². The van der Waals surface area contributed by atoms with Gasteiger partial charge >= 0.3 is 0 Å². The lowest BCUT2D eigenvalue weighted by molar-refractivity contribution is 0.102. The number of hydrogen-bond acceptors (Lipinski definition) is 6. The number of nitrogens with one attached hydrogen (secondary N) is 1. The molecule has 3 N–H and O–H groups in total. The summed E-state index contributed by atoms with van der Waals surface area (Å²) in [4.78, 5) is 11.9. The number of rotatable bonds is 2. The Kier molecular flexibility index (Phi) is 2.78. The highest BCUT2D eigenvalue weighted by Gasteiger charge is 2.13. The van der Waals surface area contributed by atoms with Crippen LogP contribution in [0.25, 0.3) is 0 Å². The van der Waals surface area contributed by atoms with Crippen LogP contribution in [-0.2, 0) is 0 Å². The van der Waals surface area contributed by atoms with Gasteiger partial charge in [0.2, 0.25) is 5.13 Å². The fourth-order valence-electron chi connectivity index (χ4n) is 1.34. The van der Waals surface area contributed by atoms with Gasteiger partial charge < -0.3 is 5.73 Å². The molecule has 82 valence electrons. The zero-order valence-electron chi connectivity index (χ0n) is 8.47. The smallest absolute Gasteiger partial charge is 0.259 e. The average molecular weight is 235 g/mol. The van der Waals surface area contributed by atoms with Crippen LogP contribution in [0.4, 0.5) is 10.8 Å². The number of nitrogens with zero attached hydrogens (tertiary/aromatic N) is 3. The van der Waals surface area contributed by atoms with Gasteiger partial charge in [0.1, 0.15) is 0 Å². The number of aryl methyl sites for hydroxylation is 1. The van der Waals surface area contributed by atoms with Crippen LogP contribution in [0.3, 0.4) is 0 Å². The first kappa shape index (κ1) is 10.5. The summed E-state index contributed by atoms with van der Waals surface area (Å²) in [5.74, 6) is -0.297. The number of aromatic nitrogens is 3. The van der Waals surface area contributed by atoms with Crippen LogP contribution in [0.5, 0.6) is 0 Å². The molecule has 0 bridgehead atoms. The Hall–Kier alpha value is -2.02. The molecule has 7 heteroatoms. The lowest BCUT2D eigenvalue weighted by Crippen LogP contribution is -2.15. The minimum absolute atomic E-state index is 0.297. The molecular weight excluding hydrogens is 226 g/mol. The summed E-state index contributed by atoms with van der Waals surface area (Å²) in [7, 11) is 0. The van der Waals surface area contributed by atoms with E-state index in [4.69, 9.17) is 5.73 Å². The minimum Gasteiger partial charge on any atom is -0.398 e. The summed E-state index contributed by atoms with van der Waals surface area (Å²) in [6.07, 6.45) is 0. The Morgan fingerprint density at radius 1 is 1.50 bits per heavy atom. The fourth-order valence-corrected chi connectivity index (χ4v) is 1.70. The molecular formula is C9H9N5OS. The second-order valence-corrected chi connectivity index (χ2v) is 3.89. The van der Waals surface area contributed by atoms with Crippen molar-refractivity contribution in [2.45, 2.75) is 6.92 Å². The Morgan fingerprint density at radius 2 is 2.31 bits per heavy atom. The zero-order chi connectivity index (χ0) is 11.5. The highest BCUT2D eigenvalue weighted by Crippen LogP contribution is 2.18. The second-order valence-electron chi connectivity index (χ2n) is 3.16. The number of carbonyl (C=O) groups excluding carboxylic acids is 1. The van der Waals surface area contributed by atoms with Crippen molar-refractivity contribution in [2.75, 3.05) is 11.1 Å². The van der Waals surface area contributed by atoms with Gasteiger partial charge in [-0.05, 0) is 23.8 Å². The molecule has 0 saturated heterocycles. The maximum atomic E-state index is 11.9. The van der Waals surface area contributed by atoms with Crippen molar-refractivity contribution >= 4 is 28.3 Å². The van der Waals surface area contributed by atoms with Crippen LogP contribution < -0.4 is 11.1 Å². The third-order valence-electron chi connectivity index (χ3n) is 2.05. The molecule has 2 rings (SSSR count). The summed E-state index contributed by atoms with van der Waals surface area (Å²) < 4.78 is 3.55. The van der Waals surface area contributed by atoms with Crippen LogP contribution in [0.15, 0.2) is 18.2 Å². The van der Waals surface area contributed by atoms with Gasteiger partial charge in [-0.3, -0.25) is 10.1 Å². The Balaban J connectivity index is 2.28. The molecule has 0 saturated carbocycles. The van der Waals surface area contributed by atoms with E-state index in [2.05, 4.69) is 20.1 Å². The molecule has 2 aromatic rings. The molecule has 0 aliphatic carbocycles. The summed E-state index contributed by atoms with van der Waals surface area (Å²) in [5, 5.41) is 9.95. The van der Waals surface area contributed by atoms with E-state index in [1.54, 1.807) is 12.1 Å². The number of nitrogen functional groups attached to an aromatic ring is 1. The van der Waals surface area contributed by atoms with E-state index in [-0.39, 0.29) is 5.91 Å². The minimum atomic E-state index is -0.297. The highest BCUT2D eigenvalue weighted by atomic mass is 32.1. The Morgan fingerprint density at radius 3 is 2.94 bits per heavy atom. The zero-order valence-corrected chi connectivity index (χ0v) is 9.28. The standard InChI is InChI=1S/C9H9N5OS/c1-5-3-2-4-6(10)7(5)8(15)11-9-12-13-14-16-9/h2-4H,10H2,1H3,(H,11,12,14,15). The largest absolute Gasteiger partial charge is 0.398 e. The van der Waals surface area contributed by atoms with E-state index in [1.165, 1.54) is 0 Å². The van der Waals surface area contributed by atoms with Crippen LogP contribution in [0.2, 0.25) is 0 Å². The molecule has 0 fully saturated rings. The molecule has 1 aromatic heterocycles. The van der Waals surface area contributed by atoms with Gasteiger partial charge in [0, 0.05) is 17.2 Å². The summed E-state index contributed by atoms with van der Waals surface area (Å²) in [5.41, 5.74) is 7.45. The van der Waals surface area contributed by atoms with Gasteiger partial charge in [0.25, 0.3) is 5.91 Å². The normalized spacial score (nSPS) is 10.1. The van der Waals surface area contributed by atoms with Gasteiger partial charge in [-0.2, -0.15) is 0 Å². The van der Waals surface area contributed by atoms with Crippen molar-refractivity contribution in [1.29, 1.82) is 0 Å². The first-order valence-electron chi connectivity index (χ1n) is 4.50. The number of hydrogen-bond donors (Lipinski definition) is 2. The SMILES string of the molecule is Cc1cccc(N)c1C(=O)Nc1nnns1. The molecule has 1 amide bonds.